The third-order valence-corrected chi connectivity index (χ3v) is 2.39. The molecule has 0 atom stereocenters. The second-order valence-corrected chi connectivity index (χ2v) is 3.41. The highest BCUT2D eigenvalue weighted by atomic mass is 15.1. The lowest BCUT2D eigenvalue weighted by Gasteiger charge is -2.04. The highest BCUT2D eigenvalue weighted by Gasteiger charge is 2.03. The Morgan fingerprint density at radius 1 is 1.00 bits per heavy atom. The molecule has 0 aliphatic carbocycles. The van der Waals surface area contributed by atoms with Gasteiger partial charge in [-0.2, -0.15) is 0 Å². The Kier molecular flexibility index (Phi) is 1.89. The van der Waals surface area contributed by atoms with Crippen LogP contribution in [0.2, 0.25) is 0 Å². The lowest BCUT2D eigenvalue weighted by Crippen LogP contribution is -1.99. The van der Waals surface area contributed by atoms with Crippen molar-refractivity contribution in [1.29, 1.82) is 0 Å². The Balaban J connectivity index is 2.23. The summed E-state index contributed by atoms with van der Waals surface area (Å²) in [4.78, 5) is 16.9. The van der Waals surface area contributed by atoms with Crippen molar-refractivity contribution < 1.29 is 0 Å². The van der Waals surface area contributed by atoms with Gasteiger partial charge in [0.2, 0.25) is 0 Å². The number of rotatable bonds is 1. The van der Waals surface area contributed by atoms with Crippen LogP contribution in [0.3, 0.4) is 0 Å². The average molecular weight is 211 g/mol. The van der Waals surface area contributed by atoms with Crippen molar-refractivity contribution in [2.75, 3.05) is 0 Å². The number of imidazole rings is 1. The fraction of sp³-hybridized carbons (Fsp3) is 0.0909. The van der Waals surface area contributed by atoms with E-state index in [0.29, 0.717) is 5.65 Å². The van der Waals surface area contributed by atoms with Crippen LogP contribution in [-0.4, -0.2) is 24.5 Å². The van der Waals surface area contributed by atoms with Gasteiger partial charge >= 0.3 is 0 Å². The molecule has 0 spiro atoms. The molecule has 16 heavy (non-hydrogen) atoms. The highest BCUT2D eigenvalue weighted by Crippen LogP contribution is 2.11. The van der Waals surface area contributed by atoms with Gasteiger partial charge in [0.15, 0.2) is 5.65 Å². The van der Waals surface area contributed by atoms with E-state index in [-0.39, 0.29) is 0 Å². The van der Waals surface area contributed by atoms with Crippen LogP contribution in [0.15, 0.2) is 36.9 Å². The molecule has 0 aromatic carbocycles. The fourth-order valence-electron chi connectivity index (χ4n) is 1.60. The summed E-state index contributed by atoms with van der Waals surface area (Å²) in [6.07, 6.45) is 6.92. The van der Waals surface area contributed by atoms with Crippen molar-refractivity contribution in [2.45, 2.75) is 6.92 Å². The summed E-state index contributed by atoms with van der Waals surface area (Å²) in [5.74, 6) is 1.71. The smallest absolute Gasteiger partial charge is 0.180 e. The van der Waals surface area contributed by atoms with Gasteiger partial charge in [-0.3, -0.25) is 9.55 Å². The monoisotopic (exact) mass is 211 g/mol. The van der Waals surface area contributed by atoms with Crippen molar-refractivity contribution in [3.8, 4) is 5.82 Å². The topological polar surface area (TPSA) is 56.5 Å². The van der Waals surface area contributed by atoms with Crippen LogP contribution in [0.25, 0.3) is 17.0 Å². The van der Waals surface area contributed by atoms with Gasteiger partial charge < -0.3 is 0 Å². The summed E-state index contributed by atoms with van der Waals surface area (Å²) in [6, 6.07) is 3.82. The van der Waals surface area contributed by atoms with Crippen LogP contribution < -0.4 is 0 Å². The van der Waals surface area contributed by atoms with Crippen molar-refractivity contribution in [3.63, 3.8) is 0 Å². The molecule has 5 nitrogen and oxygen atoms in total. The largest absolute Gasteiger partial charge is 0.288 e. The third-order valence-electron chi connectivity index (χ3n) is 2.39. The maximum Gasteiger partial charge on any atom is 0.180 e. The Bertz CT molecular complexity index is 643. The zero-order valence-corrected chi connectivity index (χ0v) is 8.70. The van der Waals surface area contributed by atoms with Gasteiger partial charge in [-0.25, -0.2) is 15.0 Å². The number of fused-ring (bicyclic) bond motifs is 1. The van der Waals surface area contributed by atoms with E-state index in [0.717, 1.165) is 17.2 Å². The molecule has 0 fully saturated rings. The summed E-state index contributed by atoms with van der Waals surface area (Å²) >= 11 is 0. The second kappa shape index (κ2) is 3.37. The SMILES string of the molecule is Cc1nccn1-c1ccc2nccnc2n1. The minimum Gasteiger partial charge on any atom is -0.288 e. The molecule has 0 bridgehead atoms. The number of aryl methyl sites for hydroxylation is 1. The van der Waals surface area contributed by atoms with E-state index >= 15 is 0 Å². The first kappa shape index (κ1) is 8.96. The van der Waals surface area contributed by atoms with E-state index < -0.39 is 0 Å². The average Bonchev–Trinajstić information content (AvgIpc) is 2.75. The fourth-order valence-corrected chi connectivity index (χ4v) is 1.60. The van der Waals surface area contributed by atoms with Crippen molar-refractivity contribution >= 4 is 11.2 Å². The van der Waals surface area contributed by atoms with Crippen molar-refractivity contribution in [3.05, 3.63) is 42.7 Å². The van der Waals surface area contributed by atoms with Gasteiger partial charge in [0.25, 0.3) is 0 Å². The van der Waals surface area contributed by atoms with Gasteiger partial charge in [-0.15, -0.1) is 0 Å². The Hall–Kier alpha value is -2.30. The summed E-state index contributed by atoms with van der Waals surface area (Å²) in [7, 11) is 0. The van der Waals surface area contributed by atoms with Crippen LogP contribution in [0.1, 0.15) is 5.82 Å². The number of aromatic nitrogens is 5. The predicted octanol–water partition coefficient (Wildman–Crippen LogP) is 1.52. The molecule has 0 unspecified atom stereocenters. The number of nitrogens with zero attached hydrogens (tertiary/aromatic N) is 5. The standard InChI is InChI=1S/C11H9N5/c1-8-12-6-7-16(8)10-3-2-9-11(15-10)14-5-4-13-9/h2-7H,1H3. The second-order valence-electron chi connectivity index (χ2n) is 3.41. The quantitative estimate of drug-likeness (QED) is 0.612. The van der Waals surface area contributed by atoms with E-state index in [1.54, 1.807) is 18.6 Å². The van der Waals surface area contributed by atoms with Crippen molar-refractivity contribution in [2.24, 2.45) is 0 Å². The maximum atomic E-state index is 4.43. The molecule has 0 saturated carbocycles. The molecular formula is C11H9N5. The molecule has 0 N–H and O–H groups in total. The zero-order valence-electron chi connectivity index (χ0n) is 8.70. The summed E-state index contributed by atoms with van der Waals surface area (Å²) in [5.41, 5.74) is 1.44. The first-order chi connectivity index (χ1) is 7.84. The Labute approximate surface area is 91.8 Å². The molecule has 3 aromatic rings. The lowest BCUT2D eigenvalue weighted by molar-refractivity contribution is 0.936. The van der Waals surface area contributed by atoms with Gasteiger partial charge in [0, 0.05) is 24.8 Å². The van der Waals surface area contributed by atoms with Crippen LogP contribution in [0.5, 0.6) is 0 Å². The first-order valence-electron chi connectivity index (χ1n) is 4.93. The highest BCUT2D eigenvalue weighted by molar-refractivity contribution is 5.70. The molecule has 3 heterocycles. The van der Waals surface area contributed by atoms with Gasteiger partial charge in [0.1, 0.15) is 17.2 Å². The van der Waals surface area contributed by atoms with Crippen LogP contribution in [0, 0.1) is 6.92 Å². The lowest BCUT2D eigenvalue weighted by atomic mass is 10.4. The van der Waals surface area contributed by atoms with E-state index in [1.165, 1.54) is 0 Å². The zero-order chi connectivity index (χ0) is 11.0. The normalized spacial score (nSPS) is 10.8. The molecular weight excluding hydrogens is 202 g/mol. The first-order valence-corrected chi connectivity index (χ1v) is 4.93. The van der Waals surface area contributed by atoms with Crippen LogP contribution in [0.4, 0.5) is 0 Å². The number of hydrogen-bond donors (Lipinski definition) is 0. The molecule has 0 saturated heterocycles. The number of pyridine rings is 1. The van der Waals surface area contributed by atoms with E-state index in [4.69, 9.17) is 0 Å². The van der Waals surface area contributed by atoms with Gasteiger partial charge in [-0.05, 0) is 19.1 Å². The van der Waals surface area contributed by atoms with Crippen LogP contribution >= 0.6 is 0 Å². The molecule has 0 aliphatic heterocycles. The molecule has 3 aromatic heterocycles. The van der Waals surface area contributed by atoms with Gasteiger partial charge in [0.05, 0.1) is 0 Å². The predicted molar refractivity (Wildman–Crippen MR) is 59.2 cm³/mol. The Morgan fingerprint density at radius 2 is 1.88 bits per heavy atom. The van der Waals surface area contributed by atoms with E-state index in [1.807, 2.05) is 29.8 Å². The molecule has 0 aliphatic rings. The molecule has 5 heteroatoms. The molecule has 3 rings (SSSR count). The summed E-state index contributed by atoms with van der Waals surface area (Å²) < 4.78 is 1.91. The molecule has 0 amide bonds. The van der Waals surface area contributed by atoms with Gasteiger partial charge in [-0.1, -0.05) is 0 Å². The maximum absolute atomic E-state index is 4.43. The van der Waals surface area contributed by atoms with Crippen molar-refractivity contribution in [1.82, 2.24) is 24.5 Å². The third kappa shape index (κ3) is 1.33. The molecule has 78 valence electrons. The minimum atomic E-state index is 0.646. The Morgan fingerprint density at radius 3 is 2.69 bits per heavy atom. The van der Waals surface area contributed by atoms with E-state index in [2.05, 4.69) is 19.9 Å². The van der Waals surface area contributed by atoms with E-state index in [9.17, 15) is 0 Å². The number of hydrogen-bond acceptors (Lipinski definition) is 4. The van der Waals surface area contributed by atoms with Crippen LogP contribution in [-0.2, 0) is 0 Å². The molecule has 0 radical (unpaired) electrons. The summed E-state index contributed by atoms with van der Waals surface area (Å²) in [5, 5.41) is 0. The summed E-state index contributed by atoms with van der Waals surface area (Å²) in [6.45, 7) is 1.93. The minimum absolute atomic E-state index is 0.646.